The summed E-state index contributed by atoms with van der Waals surface area (Å²) in [5, 5.41) is 3.48. The molecule has 0 radical (unpaired) electrons. The SMILES string of the molecule is CCNC(CN1C(C)CCC1CC)(C(=O)OC)C1CC1. The monoisotopic (exact) mass is 282 g/mol. The molecule has 1 saturated carbocycles. The van der Waals surface area contributed by atoms with Crippen molar-refractivity contribution in [2.75, 3.05) is 20.2 Å². The van der Waals surface area contributed by atoms with Crippen molar-refractivity contribution < 1.29 is 9.53 Å². The Morgan fingerprint density at radius 2 is 2.00 bits per heavy atom. The molecule has 0 aromatic heterocycles. The normalized spacial score (nSPS) is 30.2. The number of carbonyl (C=O) groups excluding carboxylic acids is 1. The van der Waals surface area contributed by atoms with Crippen LogP contribution < -0.4 is 5.32 Å². The number of esters is 1. The Bertz CT molecular complexity index is 343. The molecule has 1 aliphatic heterocycles. The van der Waals surface area contributed by atoms with Gasteiger partial charge in [-0.15, -0.1) is 0 Å². The van der Waals surface area contributed by atoms with Gasteiger partial charge < -0.3 is 10.1 Å². The lowest BCUT2D eigenvalue weighted by atomic mass is 9.91. The number of likely N-dealkylation sites (N-methyl/N-ethyl adjacent to an activating group) is 1. The highest BCUT2D eigenvalue weighted by atomic mass is 16.5. The second-order valence-corrected chi connectivity index (χ2v) is 6.43. The van der Waals surface area contributed by atoms with Crippen LogP contribution in [0.15, 0.2) is 0 Å². The molecular formula is C16H30N2O2. The number of rotatable bonds is 7. The highest BCUT2D eigenvalue weighted by Crippen LogP contribution is 2.42. The summed E-state index contributed by atoms with van der Waals surface area (Å²) < 4.78 is 5.16. The van der Waals surface area contributed by atoms with Crippen LogP contribution in [0.1, 0.15) is 52.9 Å². The van der Waals surface area contributed by atoms with E-state index >= 15 is 0 Å². The summed E-state index contributed by atoms with van der Waals surface area (Å²) in [5.41, 5.74) is -0.491. The minimum atomic E-state index is -0.491. The van der Waals surface area contributed by atoms with Gasteiger partial charge in [-0.3, -0.25) is 4.90 Å². The minimum Gasteiger partial charge on any atom is -0.468 e. The van der Waals surface area contributed by atoms with Gasteiger partial charge in [0.2, 0.25) is 0 Å². The highest BCUT2D eigenvalue weighted by Gasteiger charge is 2.53. The van der Waals surface area contributed by atoms with Gasteiger partial charge in [0.25, 0.3) is 0 Å². The average molecular weight is 282 g/mol. The fourth-order valence-corrected chi connectivity index (χ4v) is 3.84. The van der Waals surface area contributed by atoms with Gasteiger partial charge in [0, 0.05) is 18.6 Å². The molecule has 2 rings (SSSR count). The second kappa shape index (κ2) is 6.44. The molecule has 1 N–H and O–H groups in total. The minimum absolute atomic E-state index is 0.0733. The van der Waals surface area contributed by atoms with Gasteiger partial charge in [-0.1, -0.05) is 13.8 Å². The number of likely N-dealkylation sites (tertiary alicyclic amines) is 1. The predicted molar refractivity (Wildman–Crippen MR) is 80.6 cm³/mol. The average Bonchev–Trinajstić information content (AvgIpc) is 3.24. The molecule has 3 atom stereocenters. The quantitative estimate of drug-likeness (QED) is 0.727. The number of nitrogens with one attached hydrogen (secondary N) is 1. The number of ether oxygens (including phenoxy) is 1. The lowest BCUT2D eigenvalue weighted by Crippen LogP contribution is -2.62. The zero-order valence-corrected chi connectivity index (χ0v) is 13.4. The molecule has 0 bridgehead atoms. The zero-order valence-electron chi connectivity index (χ0n) is 13.4. The molecule has 1 aliphatic carbocycles. The smallest absolute Gasteiger partial charge is 0.327 e. The van der Waals surface area contributed by atoms with Crippen molar-refractivity contribution >= 4 is 5.97 Å². The van der Waals surface area contributed by atoms with E-state index in [1.807, 2.05) is 0 Å². The first-order chi connectivity index (χ1) is 9.58. The molecule has 20 heavy (non-hydrogen) atoms. The summed E-state index contributed by atoms with van der Waals surface area (Å²) in [4.78, 5) is 15.0. The second-order valence-electron chi connectivity index (χ2n) is 6.43. The van der Waals surface area contributed by atoms with E-state index in [0.29, 0.717) is 18.0 Å². The van der Waals surface area contributed by atoms with Crippen molar-refractivity contribution in [3.05, 3.63) is 0 Å². The summed E-state index contributed by atoms with van der Waals surface area (Å²) in [6, 6.07) is 1.19. The van der Waals surface area contributed by atoms with E-state index < -0.39 is 5.54 Å². The van der Waals surface area contributed by atoms with E-state index in [2.05, 4.69) is 31.0 Å². The van der Waals surface area contributed by atoms with Crippen LogP contribution >= 0.6 is 0 Å². The summed E-state index contributed by atoms with van der Waals surface area (Å²) >= 11 is 0. The lowest BCUT2D eigenvalue weighted by molar-refractivity contribution is -0.151. The maximum absolute atomic E-state index is 12.5. The maximum atomic E-state index is 12.5. The molecule has 2 aliphatic rings. The zero-order chi connectivity index (χ0) is 14.8. The molecule has 116 valence electrons. The first kappa shape index (κ1) is 15.8. The van der Waals surface area contributed by atoms with Gasteiger partial charge >= 0.3 is 5.97 Å². The van der Waals surface area contributed by atoms with Crippen molar-refractivity contribution in [3.63, 3.8) is 0 Å². The summed E-state index contributed by atoms with van der Waals surface area (Å²) in [7, 11) is 1.52. The van der Waals surface area contributed by atoms with E-state index in [-0.39, 0.29) is 5.97 Å². The fourth-order valence-electron chi connectivity index (χ4n) is 3.84. The van der Waals surface area contributed by atoms with Crippen molar-refractivity contribution in [2.45, 2.75) is 70.5 Å². The largest absolute Gasteiger partial charge is 0.468 e. The molecule has 2 fully saturated rings. The molecule has 1 saturated heterocycles. The molecule has 0 amide bonds. The third-order valence-electron chi connectivity index (χ3n) is 5.17. The summed E-state index contributed by atoms with van der Waals surface area (Å²) in [6.45, 7) is 8.23. The molecule has 0 aromatic carbocycles. The molecule has 4 nitrogen and oxygen atoms in total. The van der Waals surface area contributed by atoms with Crippen molar-refractivity contribution in [3.8, 4) is 0 Å². The Hall–Kier alpha value is -0.610. The van der Waals surface area contributed by atoms with Crippen LogP contribution in [0, 0.1) is 5.92 Å². The Labute approximate surface area is 123 Å². The Morgan fingerprint density at radius 1 is 1.30 bits per heavy atom. The fraction of sp³-hybridized carbons (Fsp3) is 0.938. The molecule has 1 heterocycles. The van der Waals surface area contributed by atoms with E-state index in [1.54, 1.807) is 0 Å². The molecule has 3 unspecified atom stereocenters. The van der Waals surface area contributed by atoms with E-state index in [0.717, 1.165) is 25.9 Å². The highest BCUT2D eigenvalue weighted by molar-refractivity contribution is 5.82. The van der Waals surface area contributed by atoms with E-state index in [4.69, 9.17) is 4.74 Å². The van der Waals surface area contributed by atoms with Crippen molar-refractivity contribution in [2.24, 2.45) is 5.92 Å². The topological polar surface area (TPSA) is 41.6 Å². The van der Waals surface area contributed by atoms with Crippen LogP contribution in [0.4, 0.5) is 0 Å². The molecule has 4 heteroatoms. The van der Waals surface area contributed by atoms with Crippen LogP contribution in [-0.2, 0) is 9.53 Å². The Morgan fingerprint density at radius 3 is 2.50 bits per heavy atom. The van der Waals surface area contributed by atoms with E-state index in [1.165, 1.54) is 26.4 Å². The van der Waals surface area contributed by atoms with Gasteiger partial charge in [-0.25, -0.2) is 4.79 Å². The first-order valence-electron chi connectivity index (χ1n) is 8.18. The molecule has 0 aromatic rings. The number of carbonyl (C=O) groups is 1. The number of methoxy groups -OCH3 is 1. The first-order valence-corrected chi connectivity index (χ1v) is 8.18. The van der Waals surface area contributed by atoms with Crippen LogP contribution in [0.3, 0.4) is 0 Å². The van der Waals surface area contributed by atoms with Crippen LogP contribution in [0.2, 0.25) is 0 Å². The van der Waals surface area contributed by atoms with Crippen LogP contribution in [-0.4, -0.2) is 48.7 Å². The number of hydrogen-bond donors (Lipinski definition) is 1. The Kier molecular flexibility index (Phi) is 5.08. The number of nitrogens with zero attached hydrogens (tertiary/aromatic N) is 1. The third-order valence-corrected chi connectivity index (χ3v) is 5.17. The van der Waals surface area contributed by atoms with Crippen molar-refractivity contribution in [1.29, 1.82) is 0 Å². The van der Waals surface area contributed by atoms with Gasteiger partial charge in [-0.2, -0.15) is 0 Å². The third kappa shape index (κ3) is 2.86. The van der Waals surface area contributed by atoms with Gasteiger partial charge in [0.15, 0.2) is 0 Å². The maximum Gasteiger partial charge on any atom is 0.327 e. The molecular weight excluding hydrogens is 252 g/mol. The lowest BCUT2D eigenvalue weighted by Gasteiger charge is -2.39. The summed E-state index contributed by atoms with van der Waals surface area (Å²) in [6.07, 6.45) is 5.94. The number of hydrogen-bond acceptors (Lipinski definition) is 4. The van der Waals surface area contributed by atoms with E-state index in [9.17, 15) is 4.79 Å². The summed E-state index contributed by atoms with van der Waals surface area (Å²) in [5.74, 6) is 0.371. The standard InChI is InChI=1S/C16H30N2O2/c1-5-14-10-7-12(3)18(14)11-16(17-6-2,13-8-9-13)15(19)20-4/h12-14,17H,5-11H2,1-4H3. The Balaban J connectivity index is 2.20. The predicted octanol–water partition coefficient (Wildman–Crippen LogP) is 2.18. The van der Waals surface area contributed by atoms with Crippen LogP contribution in [0.5, 0.6) is 0 Å². The van der Waals surface area contributed by atoms with Crippen molar-refractivity contribution in [1.82, 2.24) is 10.2 Å². The van der Waals surface area contributed by atoms with Gasteiger partial charge in [0.1, 0.15) is 5.54 Å². The van der Waals surface area contributed by atoms with Gasteiger partial charge in [-0.05, 0) is 51.5 Å². The van der Waals surface area contributed by atoms with Gasteiger partial charge in [0.05, 0.1) is 7.11 Å². The molecule has 0 spiro atoms. The van der Waals surface area contributed by atoms with Crippen LogP contribution in [0.25, 0.3) is 0 Å².